The first-order valence-corrected chi connectivity index (χ1v) is 15.5. The lowest BCUT2D eigenvalue weighted by molar-refractivity contribution is -0.202. The molecule has 1 aromatic carbocycles. The number of amides is 3. The fraction of sp³-hybridized carbons (Fsp3) is 0.500. The molecule has 2 atom stereocenters. The minimum atomic E-state index is -0.781. The summed E-state index contributed by atoms with van der Waals surface area (Å²) in [5.74, 6) is -0.625. The third-order valence-corrected chi connectivity index (χ3v) is 10.6. The van der Waals surface area contributed by atoms with Gasteiger partial charge in [0.25, 0.3) is 0 Å². The fourth-order valence-electron chi connectivity index (χ4n) is 7.58. The number of hydrogen-bond donors (Lipinski definition) is 2. The summed E-state index contributed by atoms with van der Waals surface area (Å²) in [6.45, 7) is 6.39. The Labute approximate surface area is 252 Å². The summed E-state index contributed by atoms with van der Waals surface area (Å²) in [4.78, 5) is 54.2. The predicted molar refractivity (Wildman–Crippen MR) is 157 cm³/mol. The van der Waals surface area contributed by atoms with Crippen LogP contribution in [0.15, 0.2) is 46.0 Å². The van der Waals surface area contributed by atoms with E-state index in [9.17, 15) is 18.8 Å². The number of fused-ring (bicyclic) bond motifs is 1. The number of piperazine rings is 1. The van der Waals surface area contributed by atoms with Crippen LogP contribution < -0.4 is 11.1 Å². The zero-order chi connectivity index (χ0) is 30.1. The summed E-state index contributed by atoms with van der Waals surface area (Å²) < 4.78 is 20.2. The number of carbonyl (C=O) groups is 3. The van der Waals surface area contributed by atoms with Crippen molar-refractivity contribution in [3.63, 3.8) is 0 Å². The Morgan fingerprint density at radius 3 is 2.72 bits per heavy atom. The number of urea groups is 1. The number of rotatable bonds is 8. The molecule has 1 unspecified atom stereocenters. The van der Waals surface area contributed by atoms with Crippen molar-refractivity contribution in [2.75, 3.05) is 39.3 Å². The Bertz CT molecular complexity index is 1550. The third kappa shape index (κ3) is 4.35. The molecular weight excluding hydrogens is 573 g/mol. The third-order valence-electron chi connectivity index (χ3n) is 9.78. The zero-order valence-electron chi connectivity index (χ0n) is 24.1. The molecule has 6 aliphatic rings. The predicted octanol–water partition coefficient (Wildman–Crippen LogP) is 2.33. The number of nitrogens with one attached hydrogen (secondary N) is 1. The van der Waals surface area contributed by atoms with Crippen LogP contribution in [0.5, 0.6) is 0 Å². The first kappa shape index (κ1) is 28.0. The molecule has 3 amide bonds. The van der Waals surface area contributed by atoms with E-state index in [2.05, 4.69) is 15.2 Å². The van der Waals surface area contributed by atoms with E-state index >= 15 is 0 Å². The highest BCUT2D eigenvalue weighted by Crippen LogP contribution is 2.70. The molecule has 226 valence electrons. The maximum absolute atomic E-state index is 14.7. The first-order valence-electron chi connectivity index (χ1n) is 14.6. The van der Waals surface area contributed by atoms with Crippen LogP contribution in [0.2, 0.25) is 0 Å². The lowest BCUT2D eigenvalue weighted by Crippen LogP contribution is -2.78. The van der Waals surface area contributed by atoms with Gasteiger partial charge in [-0.05, 0) is 50.3 Å². The van der Waals surface area contributed by atoms with Crippen LogP contribution >= 0.6 is 11.3 Å². The maximum Gasteiger partial charge on any atom is 0.338 e. The summed E-state index contributed by atoms with van der Waals surface area (Å²) in [7, 11) is 0. The van der Waals surface area contributed by atoms with Crippen LogP contribution in [0, 0.1) is 18.2 Å². The summed E-state index contributed by atoms with van der Waals surface area (Å²) in [6.07, 6.45) is 3.66. The largest absolute Gasteiger partial charge is 0.463 e. The van der Waals surface area contributed by atoms with Crippen molar-refractivity contribution in [2.45, 2.75) is 50.7 Å². The highest BCUT2D eigenvalue weighted by atomic mass is 32.1. The number of hydrogen-bond acceptors (Lipinski definition) is 9. The molecule has 13 heteroatoms. The van der Waals surface area contributed by atoms with E-state index in [-0.39, 0.29) is 35.9 Å². The van der Waals surface area contributed by atoms with E-state index in [1.807, 2.05) is 15.2 Å². The number of benzene rings is 1. The number of aliphatic imine (C=N–C) groups is 1. The van der Waals surface area contributed by atoms with E-state index in [4.69, 9.17) is 15.5 Å². The topological polar surface area (TPSA) is 133 Å². The van der Waals surface area contributed by atoms with Crippen molar-refractivity contribution >= 4 is 35.1 Å². The second-order valence-corrected chi connectivity index (χ2v) is 13.2. The Morgan fingerprint density at radius 1 is 1.23 bits per heavy atom. The molecule has 43 heavy (non-hydrogen) atoms. The lowest BCUT2D eigenvalue weighted by atomic mass is 9.38. The summed E-state index contributed by atoms with van der Waals surface area (Å²) in [5, 5.41) is 5.89. The molecule has 2 aromatic rings. The van der Waals surface area contributed by atoms with Gasteiger partial charge < -0.3 is 25.6 Å². The van der Waals surface area contributed by atoms with Crippen molar-refractivity contribution in [1.82, 2.24) is 25.0 Å². The number of nitrogens with zero attached hydrogens (tertiary/aromatic N) is 5. The van der Waals surface area contributed by atoms with E-state index in [1.54, 1.807) is 32.2 Å². The van der Waals surface area contributed by atoms with Crippen LogP contribution in [0.3, 0.4) is 0 Å². The number of aromatic nitrogens is 1. The van der Waals surface area contributed by atoms with Gasteiger partial charge in [0.2, 0.25) is 5.91 Å². The van der Waals surface area contributed by atoms with Crippen LogP contribution in [0.1, 0.15) is 48.4 Å². The SMILES string of the molecule is CCOC(=O)C1=C(CN2CCN3C(=O)N(C45CC(C(N)=O)(C4)C5)CC3C2)NC(c2nccs2)=N[C@H]1c1cccc(F)c1C. The minimum absolute atomic E-state index is 0.0107. The van der Waals surface area contributed by atoms with Crippen molar-refractivity contribution in [3.8, 4) is 0 Å². The first-order chi connectivity index (χ1) is 20.6. The molecule has 3 N–H and O–H groups in total. The van der Waals surface area contributed by atoms with Gasteiger partial charge in [-0.15, -0.1) is 11.3 Å². The molecule has 4 heterocycles. The number of halogens is 1. The van der Waals surface area contributed by atoms with E-state index in [0.717, 1.165) is 0 Å². The average Bonchev–Trinajstić information content (AvgIpc) is 3.57. The maximum atomic E-state index is 14.7. The lowest BCUT2D eigenvalue weighted by Gasteiger charge is -2.71. The molecule has 5 fully saturated rings. The van der Waals surface area contributed by atoms with Crippen LogP contribution in [-0.4, -0.2) is 94.3 Å². The van der Waals surface area contributed by atoms with Gasteiger partial charge in [0.15, 0.2) is 10.8 Å². The van der Waals surface area contributed by atoms with Crippen LogP contribution in [-0.2, 0) is 14.3 Å². The Hall–Kier alpha value is -3.84. The van der Waals surface area contributed by atoms with Crippen molar-refractivity contribution in [3.05, 3.63) is 63.0 Å². The van der Waals surface area contributed by atoms with Crippen molar-refractivity contribution in [1.29, 1.82) is 0 Å². The van der Waals surface area contributed by atoms with Gasteiger partial charge >= 0.3 is 12.0 Å². The molecule has 3 saturated carbocycles. The molecule has 1 aromatic heterocycles. The quantitative estimate of drug-likeness (QED) is 0.440. The average molecular weight is 608 g/mol. The fourth-order valence-corrected chi connectivity index (χ4v) is 8.17. The normalized spacial score (nSPS) is 29.8. The number of amidine groups is 1. The van der Waals surface area contributed by atoms with Gasteiger partial charge in [0.05, 0.1) is 23.6 Å². The monoisotopic (exact) mass is 607 g/mol. The van der Waals surface area contributed by atoms with Gasteiger partial charge in [0, 0.05) is 55.5 Å². The number of ether oxygens (including phenoxy) is 1. The van der Waals surface area contributed by atoms with Gasteiger partial charge in [-0.2, -0.15) is 0 Å². The number of esters is 1. The highest BCUT2D eigenvalue weighted by molar-refractivity contribution is 7.11. The van der Waals surface area contributed by atoms with E-state index in [0.29, 0.717) is 85.2 Å². The Morgan fingerprint density at radius 2 is 2.02 bits per heavy atom. The summed E-state index contributed by atoms with van der Waals surface area (Å²) in [5.41, 5.74) is 6.92. The molecule has 0 radical (unpaired) electrons. The smallest absolute Gasteiger partial charge is 0.338 e. The van der Waals surface area contributed by atoms with Gasteiger partial charge in [-0.1, -0.05) is 12.1 Å². The van der Waals surface area contributed by atoms with E-state index < -0.39 is 17.4 Å². The minimum Gasteiger partial charge on any atom is -0.463 e. The molecule has 11 nitrogen and oxygen atoms in total. The summed E-state index contributed by atoms with van der Waals surface area (Å²) in [6, 6.07) is 4.05. The Kier molecular flexibility index (Phi) is 6.58. The number of nitrogens with two attached hydrogens (primary N) is 1. The molecule has 8 rings (SSSR count). The van der Waals surface area contributed by atoms with Gasteiger partial charge in [0.1, 0.15) is 11.9 Å². The van der Waals surface area contributed by atoms with Crippen LogP contribution in [0.4, 0.5) is 9.18 Å². The summed E-state index contributed by atoms with van der Waals surface area (Å²) >= 11 is 1.42. The molecular formula is C30H34FN7O4S. The molecule has 2 bridgehead atoms. The second-order valence-electron chi connectivity index (χ2n) is 12.3. The molecule has 3 aliphatic carbocycles. The van der Waals surface area contributed by atoms with Crippen molar-refractivity contribution in [2.24, 2.45) is 16.1 Å². The number of carbonyl (C=O) groups excluding carboxylic acids is 3. The van der Waals surface area contributed by atoms with E-state index in [1.165, 1.54) is 17.4 Å². The molecule has 0 spiro atoms. The van der Waals surface area contributed by atoms with Crippen LogP contribution in [0.25, 0.3) is 0 Å². The van der Waals surface area contributed by atoms with Crippen molar-refractivity contribution < 1.29 is 23.5 Å². The standard InChI is InChI=1S/C30H34FN7O4S/c1-3-42-26(39)22-21(34-24(25-33-7-10-43-25)35-23(22)19-5-4-6-20(31)17(19)2)13-36-8-9-37-18(11-36)12-38(28(37)41)30-14-29(15-30,16-30)27(32)40/h4-7,10,18,23H,3,8-9,11-16H2,1-2H3,(H2,32,40)(H,34,35)/t18?,23-,29?,30?/m0/s1. The number of primary amides is 1. The Balaban J connectivity index is 1.17. The van der Waals surface area contributed by atoms with Gasteiger partial charge in [-0.3, -0.25) is 14.7 Å². The molecule has 2 saturated heterocycles. The zero-order valence-corrected chi connectivity index (χ0v) is 25.0. The highest BCUT2D eigenvalue weighted by Gasteiger charge is 2.75. The molecule has 3 aliphatic heterocycles. The van der Waals surface area contributed by atoms with Gasteiger partial charge in [-0.25, -0.2) is 19.0 Å². The number of thiazole rings is 1. The second kappa shape index (κ2) is 10.1.